The van der Waals surface area contributed by atoms with Crippen molar-refractivity contribution >= 4 is 33.1 Å². The highest BCUT2D eigenvalue weighted by atomic mass is 16.2. The zero-order valence-corrected chi connectivity index (χ0v) is 10.9. The van der Waals surface area contributed by atoms with Gasteiger partial charge in [0.15, 0.2) is 0 Å². The van der Waals surface area contributed by atoms with Crippen LogP contribution in [0.15, 0.2) is 42.5 Å². The van der Waals surface area contributed by atoms with Gasteiger partial charge in [0.1, 0.15) is 0 Å². The van der Waals surface area contributed by atoms with E-state index in [1.807, 2.05) is 25.2 Å². The molecule has 3 aromatic rings. The summed E-state index contributed by atoms with van der Waals surface area (Å²) >= 11 is 0. The molecule has 0 saturated heterocycles. The molecule has 4 rings (SSSR count). The average Bonchev–Trinajstić information content (AvgIpc) is 2.67. The minimum atomic E-state index is 0.0914. The second kappa shape index (κ2) is 3.35. The van der Waals surface area contributed by atoms with E-state index in [0.717, 1.165) is 22.0 Å². The lowest BCUT2D eigenvalue weighted by Crippen LogP contribution is -2.20. The molecule has 0 radical (unpaired) electrons. The smallest absolute Gasteiger partial charge is 0.258 e. The van der Waals surface area contributed by atoms with Gasteiger partial charge in [-0.2, -0.15) is 0 Å². The Labute approximate surface area is 111 Å². The van der Waals surface area contributed by atoms with E-state index in [4.69, 9.17) is 0 Å². The number of rotatable bonds is 0. The van der Waals surface area contributed by atoms with E-state index >= 15 is 0 Å². The Bertz CT molecular complexity index is 864. The molecular formula is C17H13NO. The fraction of sp³-hybridized carbons (Fsp3) is 0.118. The molecule has 0 bridgehead atoms. The number of hydrogen-bond acceptors (Lipinski definition) is 1. The van der Waals surface area contributed by atoms with Crippen LogP contribution in [0.25, 0.3) is 21.5 Å². The first kappa shape index (κ1) is 10.6. The van der Waals surface area contributed by atoms with Gasteiger partial charge in [-0.15, -0.1) is 0 Å². The van der Waals surface area contributed by atoms with Gasteiger partial charge in [-0.05, 0) is 35.2 Å². The van der Waals surface area contributed by atoms with E-state index in [1.165, 1.54) is 16.3 Å². The van der Waals surface area contributed by atoms with Gasteiger partial charge >= 0.3 is 0 Å². The molecule has 0 aliphatic carbocycles. The number of carbonyl (C=O) groups excluding carboxylic acids is 1. The molecule has 92 valence electrons. The first-order valence-corrected chi connectivity index (χ1v) is 6.41. The summed E-state index contributed by atoms with van der Waals surface area (Å²) in [5.74, 6) is 0.0914. The van der Waals surface area contributed by atoms with Crippen molar-refractivity contribution in [3.8, 4) is 0 Å². The molecule has 0 spiro atoms. The molecule has 1 amide bonds. The lowest BCUT2D eigenvalue weighted by Gasteiger charge is -2.09. The molecular weight excluding hydrogens is 234 g/mol. The highest BCUT2D eigenvalue weighted by Crippen LogP contribution is 2.40. The third kappa shape index (κ3) is 1.23. The first-order chi connectivity index (χ1) is 9.16. The normalized spacial score (nSPS) is 13.8. The van der Waals surface area contributed by atoms with E-state index in [9.17, 15) is 4.79 Å². The van der Waals surface area contributed by atoms with Crippen LogP contribution in [0.2, 0.25) is 0 Å². The molecule has 0 atom stereocenters. The summed E-state index contributed by atoms with van der Waals surface area (Å²) in [6, 6.07) is 14.5. The number of aryl methyl sites for hydroxylation is 1. The van der Waals surface area contributed by atoms with Gasteiger partial charge in [0.25, 0.3) is 5.91 Å². The number of amides is 1. The summed E-state index contributed by atoms with van der Waals surface area (Å²) < 4.78 is 0. The SMILES string of the molecule is Cc1ccc2cc3c4c(cccc4c2c1)N(C)C3=O. The molecule has 3 aromatic carbocycles. The van der Waals surface area contributed by atoms with Crippen molar-refractivity contribution in [2.24, 2.45) is 0 Å². The summed E-state index contributed by atoms with van der Waals surface area (Å²) in [6.07, 6.45) is 0. The number of anilines is 1. The van der Waals surface area contributed by atoms with Gasteiger partial charge in [-0.1, -0.05) is 35.9 Å². The maximum absolute atomic E-state index is 12.3. The highest BCUT2D eigenvalue weighted by molar-refractivity contribution is 6.29. The number of carbonyl (C=O) groups is 1. The molecule has 0 saturated carbocycles. The highest BCUT2D eigenvalue weighted by Gasteiger charge is 2.27. The minimum Gasteiger partial charge on any atom is -0.311 e. The second-order valence-electron chi connectivity index (χ2n) is 5.21. The molecule has 0 fully saturated rings. The van der Waals surface area contributed by atoms with E-state index in [2.05, 4.69) is 31.2 Å². The van der Waals surface area contributed by atoms with Crippen molar-refractivity contribution in [1.82, 2.24) is 0 Å². The van der Waals surface area contributed by atoms with Crippen LogP contribution in [0, 0.1) is 6.92 Å². The maximum atomic E-state index is 12.3. The molecule has 0 N–H and O–H groups in total. The third-order valence-corrected chi connectivity index (χ3v) is 4.01. The molecule has 1 heterocycles. The fourth-order valence-corrected chi connectivity index (χ4v) is 3.04. The minimum absolute atomic E-state index is 0.0914. The van der Waals surface area contributed by atoms with Gasteiger partial charge in [0.05, 0.1) is 11.3 Å². The zero-order valence-electron chi connectivity index (χ0n) is 10.9. The van der Waals surface area contributed by atoms with Crippen molar-refractivity contribution in [2.75, 3.05) is 11.9 Å². The average molecular weight is 247 g/mol. The van der Waals surface area contributed by atoms with Gasteiger partial charge in [0.2, 0.25) is 0 Å². The summed E-state index contributed by atoms with van der Waals surface area (Å²) in [7, 11) is 1.84. The second-order valence-corrected chi connectivity index (χ2v) is 5.21. The van der Waals surface area contributed by atoms with E-state index in [0.29, 0.717) is 0 Å². The number of nitrogens with zero attached hydrogens (tertiary/aromatic N) is 1. The number of benzene rings is 3. The Hall–Kier alpha value is -2.35. The summed E-state index contributed by atoms with van der Waals surface area (Å²) in [4.78, 5) is 14.1. The molecule has 0 aromatic heterocycles. The molecule has 1 aliphatic heterocycles. The van der Waals surface area contributed by atoms with Crippen molar-refractivity contribution in [3.63, 3.8) is 0 Å². The van der Waals surface area contributed by atoms with Crippen LogP contribution in [0.5, 0.6) is 0 Å². The summed E-state index contributed by atoms with van der Waals surface area (Å²) in [5.41, 5.74) is 3.08. The maximum Gasteiger partial charge on any atom is 0.258 e. The Balaban J connectivity index is 2.30. The van der Waals surface area contributed by atoms with Crippen molar-refractivity contribution in [2.45, 2.75) is 6.92 Å². The Kier molecular flexibility index (Phi) is 1.86. The predicted molar refractivity (Wildman–Crippen MR) is 78.9 cm³/mol. The summed E-state index contributed by atoms with van der Waals surface area (Å²) in [5, 5.41) is 4.62. The van der Waals surface area contributed by atoms with Crippen LogP contribution in [-0.2, 0) is 0 Å². The van der Waals surface area contributed by atoms with Crippen molar-refractivity contribution < 1.29 is 4.79 Å². The Morgan fingerprint density at radius 3 is 2.68 bits per heavy atom. The van der Waals surface area contributed by atoms with Crippen LogP contribution in [0.4, 0.5) is 5.69 Å². The summed E-state index contributed by atoms with van der Waals surface area (Å²) in [6.45, 7) is 2.10. The van der Waals surface area contributed by atoms with Crippen LogP contribution < -0.4 is 4.90 Å². The topological polar surface area (TPSA) is 20.3 Å². The predicted octanol–water partition coefficient (Wildman–Crippen LogP) is 3.89. The van der Waals surface area contributed by atoms with E-state index in [-0.39, 0.29) is 5.91 Å². The molecule has 2 heteroatoms. The quantitative estimate of drug-likeness (QED) is 0.552. The lowest BCUT2D eigenvalue weighted by molar-refractivity contribution is 0.0999. The first-order valence-electron chi connectivity index (χ1n) is 6.41. The standard InChI is InChI=1S/C17H13NO/c1-10-6-7-11-9-14-16-12(13(11)8-10)4-3-5-15(16)18(2)17(14)19/h3-9H,1-2H3. The monoisotopic (exact) mass is 247 g/mol. The van der Waals surface area contributed by atoms with E-state index in [1.54, 1.807) is 4.90 Å². The third-order valence-electron chi connectivity index (χ3n) is 4.01. The molecule has 19 heavy (non-hydrogen) atoms. The van der Waals surface area contributed by atoms with Gasteiger partial charge in [0, 0.05) is 12.4 Å². The van der Waals surface area contributed by atoms with Crippen LogP contribution in [0.3, 0.4) is 0 Å². The zero-order chi connectivity index (χ0) is 13.1. The van der Waals surface area contributed by atoms with Crippen LogP contribution in [0.1, 0.15) is 15.9 Å². The van der Waals surface area contributed by atoms with Crippen molar-refractivity contribution in [3.05, 3.63) is 53.6 Å². The van der Waals surface area contributed by atoms with Crippen LogP contribution in [-0.4, -0.2) is 13.0 Å². The van der Waals surface area contributed by atoms with Gasteiger partial charge in [-0.25, -0.2) is 0 Å². The lowest BCUT2D eigenvalue weighted by atomic mass is 9.97. The molecule has 1 aliphatic rings. The largest absolute Gasteiger partial charge is 0.311 e. The molecule has 2 nitrogen and oxygen atoms in total. The van der Waals surface area contributed by atoms with Gasteiger partial charge < -0.3 is 4.90 Å². The van der Waals surface area contributed by atoms with E-state index < -0.39 is 0 Å². The Morgan fingerprint density at radius 2 is 1.84 bits per heavy atom. The van der Waals surface area contributed by atoms with Gasteiger partial charge in [-0.3, -0.25) is 4.79 Å². The van der Waals surface area contributed by atoms with Crippen LogP contribution >= 0.6 is 0 Å². The molecule has 0 unspecified atom stereocenters. The van der Waals surface area contributed by atoms with Crippen molar-refractivity contribution in [1.29, 1.82) is 0 Å². The number of hydrogen-bond donors (Lipinski definition) is 0. The fourth-order valence-electron chi connectivity index (χ4n) is 3.04. The number of fused-ring (bicyclic) bond motifs is 2. The Morgan fingerprint density at radius 1 is 1.00 bits per heavy atom.